The fourth-order valence-corrected chi connectivity index (χ4v) is 5.53. The molecule has 0 radical (unpaired) electrons. The van der Waals surface area contributed by atoms with Gasteiger partial charge in [0.2, 0.25) is 11.8 Å². The average Bonchev–Trinajstić information content (AvgIpc) is 2.93. The van der Waals surface area contributed by atoms with Crippen molar-refractivity contribution in [2.75, 3.05) is 24.0 Å². The molecule has 3 aromatic rings. The van der Waals surface area contributed by atoms with Crippen molar-refractivity contribution in [1.29, 1.82) is 0 Å². The SMILES string of the molecule is CCNC(=O)[C@@H](CC)N(Cc1ccccc1)C(=O)CN(c1ccccc1)S(=O)(=O)c1ccc(OCC)cc1. The summed E-state index contributed by atoms with van der Waals surface area (Å²) in [5, 5.41) is 2.80. The lowest BCUT2D eigenvalue weighted by Crippen LogP contribution is -2.52. The van der Waals surface area contributed by atoms with Gasteiger partial charge in [-0.2, -0.15) is 0 Å². The predicted octanol–water partition coefficient (Wildman–Crippen LogP) is 4.22. The van der Waals surface area contributed by atoms with Crippen LogP contribution >= 0.6 is 0 Å². The van der Waals surface area contributed by atoms with Gasteiger partial charge in [0.1, 0.15) is 18.3 Å². The molecule has 0 heterocycles. The number of likely N-dealkylation sites (N-methyl/N-ethyl adjacent to an activating group) is 1. The second-order valence-corrected chi connectivity index (χ2v) is 10.4. The molecule has 0 saturated carbocycles. The van der Waals surface area contributed by atoms with E-state index in [0.717, 1.165) is 9.87 Å². The van der Waals surface area contributed by atoms with Gasteiger partial charge in [-0.3, -0.25) is 13.9 Å². The van der Waals surface area contributed by atoms with E-state index in [9.17, 15) is 18.0 Å². The van der Waals surface area contributed by atoms with Crippen molar-refractivity contribution in [2.24, 2.45) is 0 Å². The van der Waals surface area contributed by atoms with Gasteiger partial charge in [-0.05, 0) is 62.2 Å². The molecule has 0 aliphatic heterocycles. The van der Waals surface area contributed by atoms with Crippen LogP contribution < -0.4 is 14.4 Å². The molecular weight excluding hydrogens is 502 g/mol. The van der Waals surface area contributed by atoms with Crippen LogP contribution in [0.15, 0.2) is 89.8 Å². The van der Waals surface area contributed by atoms with Gasteiger partial charge in [-0.15, -0.1) is 0 Å². The number of sulfonamides is 1. The van der Waals surface area contributed by atoms with Crippen LogP contribution in [0.1, 0.15) is 32.8 Å². The monoisotopic (exact) mass is 537 g/mol. The number of nitrogens with zero attached hydrogens (tertiary/aromatic N) is 2. The van der Waals surface area contributed by atoms with Gasteiger partial charge in [0, 0.05) is 13.1 Å². The van der Waals surface area contributed by atoms with Crippen LogP contribution in [0.2, 0.25) is 0 Å². The van der Waals surface area contributed by atoms with E-state index >= 15 is 0 Å². The number of anilines is 1. The van der Waals surface area contributed by atoms with Crippen LogP contribution in [0.4, 0.5) is 5.69 Å². The van der Waals surface area contributed by atoms with Crippen molar-refractivity contribution in [3.63, 3.8) is 0 Å². The Balaban J connectivity index is 2.00. The molecule has 9 heteroatoms. The van der Waals surface area contributed by atoms with E-state index in [1.165, 1.54) is 17.0 Å². The number of rotatable bonds is 13. The summed E-state index contributed by atoms with van der Waals surface area (Å²) in [6.45, 7) is 6.07. The molecule has 3 aromatic carbocycles. The smallest absolute Gasteiger partial charge is 0.264 e. The highest BCUT2D eigenvalue weighted by Crippen LogP contribution is 2.26. The molecular formula is C29H35N3O5S. The van der Waals surface area contributed by atoms with Gasteiger partial charge in [-0.1, -0.05) is 55.5 Å². The second-order valence-electron chi connectivity index (χ2n) is 8.58. The minimum atomic E-state index is -4.12. The van der Waals surface area contributed by atoms with Crippen molar-refractivity contribution in [3.05, 3.63) is 90.5 Å². The molecule has 0 unspecified atom stereocenters. The summed E-state index contributed by atoms with van der Waals surface area (Å²) in [5.74, 6) is -0.208. The lowest BCUT2D eigenvalue weighted by Gasteiger charge is -2.33. The summed E-state index contributed by atoms with van der Waals surface area (Å²) in [6, 6.07) is 23.2. The first kappa shape index (κ1) is 28.7. The summed E-state index contributed by atoms with van der Waals surface area (Å²) in [6.07, 6.45) is 0.376. The van der Waals surface area contributed by atoms with E-state index in [1.54, 1.807) is 42.5 Å². The second kappa shape index (κ2) is 13.6. The highest BCUT2D eigenvalue weighted by Gasteiger charge is 2.33. The number of hydrogen-bond donors (Lipinski definition) is 1. The number of carbonyl (C=O) groups excluding carboxylic acids is 2. The number of nitrogens with one attached hydrogen (secondary N) is 1. The van der Waals surface area contributed by atoms with Crippen LogP contribution in [0, 0.1) is 0 Å². The van der Waals surface area contributed by atoms with Crippen LogP contribution in [-0.4, -0.2) is 50.9 Å². The maximum atomic E-state index is 13.9. The zero-order valence-corrected chi connectivity index (χ0v) is 22.9. The van der Waals surface area contributed by atoms with Gasteiger partial charge in [0.25, 0.3) is 10.0 Å². The highest BCUT2D eigenvalue weighted by molar-refractivity contribution is 7.92. The largest absolute Gasteiger partial charge is 0.494 e. The van der Waals surface area contributed by atoms with Gasteiger partial charge < -0.3 is 15.0 Å². The lowest BCUT2D eigenvalue weighted by atomic mass is 10.1. The number of carbonyl (C=O) groups is 2. The van der Waals surface area contributed by atoms with Crippen molar-refractivity contribution in [3.8, 4) is 5.75 Å². The molecule has 0 aromatic heterocycles. The van der Waals surface area contributed by atoms with E-state index in [2.05, 4.69) is 5.32 Å². The van der Waals surface area contributed by atoms with Crippen molar-refractivity contribution >= 4 is 27.5 Å². The topological polar surface area (TPSA) is 96.0 Å². The quantitative estimate of drug-likeness (QED) is 0.352. The standard InChI is InChI=1S/C29H35N3O5S/c1-4-27(29(34)30-5-2)31(21-23-13-9-7-10-14-23)28(33)22-32(24-15-11-8-12-16-24)38(35,36)26-19-17-25(18-20-26)37-6-3/h7-20,27H,4-6,21-22H2,1-3H3,(H,30,34)/t27-/m1/s1. The third-order valence-electron chi connectivity index (χ3n) is 5.98. The van der Waals surface area contributed by atoms with Crippen LogP contribution in [-0.2, 0) is 26.2 Å². The molecule has 3 rings (SSSR count). The Morgan fingerprint density at radius 3 is 2.03 bits per heavy atom. The zero-order valence-electron chi connectivity index (χ0n) is 22.0. The first-order chi connectivity index (χ1) is 18.3. The van der Waals surface area contributed by atoms with E-state index < -0.39 is 28.5 Å². The zero-order chi connectivity index (χ0) is 27.5. The Hall–Kier alpha value is -3.85. The minimum absolute atomic E-state index is 0.0305. The molecule has 1 atom stereocenters. The van der Waals surface area contributed by atoms with Crippen molar-refractivity contribution in [1.82, 2.24) is 10.2 Å². The molecule has 0 aliphatic carbocycles. The maximum absolute atomic E-state index is 13.9. The van der Waals surface area contributed by atoms with Crippen LogP contribution in [0.3, 0.4) is 0 Å². The van der Waals surface area contributed by atoms with Crippen LogP contribution in [0.5, 0.6) is 5.75 Å². The van der Waals surface area contributed by atoms with E-state index in [-0.39, 0.29) is 17.3 Å². The van der Waals surface area contributed by atoms with Gasteiger partial charge in [0.15, 0.2) is 0 Å². The van der Waals surface area contributed by atoms with Gasteiger partial charge >= 0.3 is 0 Å². The number of amides is 2. The molecule has 0 fully saturated rings. The summed E-state index contributed by atoms with van der Waals surface area (Å²) in [5.41, 5.74) is 1.18. The molecule has 2 amide bonds. The lowest BCUT2D eigenvalue weighted by molar-refractivity contribution is -0.140. The summed E-state index contributed by atoms with van der Waals surface area (Å²) in [4.78, 5) is 28.3. The molecule has 0 spiro atoms. The maximum Gasteiger partial charge on any atom is 0.264 e. The Morgan fingerprint density at radius 1 is 0.868 bits per heavy atom. The van der Waals surface area contributed by atoms with E-state index in [4.69, 9.17) is 4.74 Å². The van der Waals surface area contributed by atoms with Gasteiger partial charge in [0.05, 0.1) is 17.2 Å². The first-order valence-corrected chi connectivity index (χ1v) is 14.2. The Bertz CT molecular complexity index is 1280. The van der Waals surface area contributed by atoms with Crippen molar-refractivity contribution in [2.45, 2.75) is 44.7 Å². The third-order valence-corrected chi connectivity index (χ3v) is 7.77. The first-order valence-electron chi connectivity index (χ1n) is 12.7. The summed E-state index contributed by atoms with van der Waals surface area (Å²) < 4.78 is 34.2. The number of benzene rings is 3. The molecule has 202 valence electrons. The predicted molar refractivity (Wildman–Crippen MR) is 148 cm³/mol. The van der Waals surface area contributed by atoms with Gasteiger partial charge in [-0.25, -0.2) is 8.42 Å². The number of ether oxygens (including phenoxy) is 1. The Kier molecular flexibility index (Phi) is 10.3. The fourth-order valence-electron chi connectivity index (χ4n) is 4.12. The normalized spacial score (nSPS) is 11.9. The minimum Gasteiger partial charge on any atom is -0.494 e. The number of para-hydroxylation sites is 1. The third kappa shape index (κ3) is 7.13. The van der Waals surface area contributed by atoms with Crippen LogP contribution in [0.25, 0.3) is 0 Å². The molecule has 38 heavy (non-hydrogen) atoms. The molecule has 0 aliphatic rings. The highest BCUT2D eigenvalue weighted by atomic mass is 32.2. The summed E-state index contributed by atoms with van der Waals surface area (Å²) in [7, 11) is -4.12. The van der Waals surface area contributed by atoms with E-state index in [0.29, 0.717) is 31.0 Å². The van der Waals surface area contributed by atoms with Crippen molar-refractivity contribution < 1.29 is 22.7 Å². The Labute approximate surface area is 225 Å². The molecule has 8 nitrogen and oxygen atoms in total. The fraction of sp³-hybridized carbons (Fsp3) is 0.310. The summed E-state index contributed by atoms with van der Waals surface area (Å²) >= 11 is 0. The molecule has 1 N–H and O–H groups in total. The average molecular weight is 538 g/mol. The molecule has 0 bridgehead atoms. The Morgan fingerprint density at radius 2 is 1.47 bits per heavy atom. The molecule has 0 saturated heterocycles. The number of hydrogen-bond acceptors (Lipinski definition) is 5. The van der Waals surface area contributed by atoms with E-state index in [1.807, 2.05) is 51.1 Å².